The van der Waals surface area contributed by atoms with E-state index in [0.717, 1.165) is 0 Å². The molecule has 15 heavy (non-hydrogen) atoms. The minimum Gasteiger partial charge on any atom is -0.396 e. The minimum atomic E-state index is -0.487. The highest BCUT2D eigenvalue weighted by molar-refractivity contribution is 5.96. The fourth-order valence-corrected chi connectivity index (χ4v) is 1.19. The van der Waals surface area contributed by atoms with Crippen molar-refractivity contribution in [2.24, 2.45) is 0 Å². The number of anilines is 1. The number of rotatable bonds is 4. The lowest BCUT2D eigenvalue weighted by atomic mass is 10.1. The van der Waals surface area contributed by atoms with Crippen molar-refractivity contribution >= 4 is 11.5 Å². The van der Waals surface area contributed by atoms with E-state index in [0.29, 0.717) is 18.5 Å². The maximum Gasteiger partial charge on any atom is 0.164 e. The molecule has 0 heterocycles. The molecule has 2 N–H and O–H groups in total. The normalized spacial score (nSPS) is 10.7. The summed E-state index contributed by atoms with van der Waals surface area (Å²) in [6, 6.07) is 4.06. The first-order valence-electron chi connectivity index (χ1n) is 4.73. The van der Waals surface area contributed by atoms with Gasteiger partial charge in [-0.25, -0.2) is 4.39 Å². The lowest BCUT2D eigenvalue weighted by Gasteiger charge is -2.08. The molecule has 0 radical (unpaired) electrons. The van der Waals surface area contributed by atoms with Crippen LogP contribution in [0.1, 0.15) is 16.8 Å². The molecule has 1 aromatic carbocycles. The molecular weight excluding hydrogens is 195 g/mol. The van der Waals surface area contributed by atoms with Gasteiger partial charge in [0.1, 0.15) is 5.82 Å². The second-order valence-corrected chi connectivity index (χ2v) is 3.71. The number of hydrogen-bond donors (Lipinski definition) is 1. The van der Waals surface area contributed by atoms with Crippen LogP contribution in [0.2, 0.25) is 0 Å². The van der Waals surface area contributed by atoms with Gasteiger partial charge in [-0.3, -0.25) is 4.79 Å². The van der Waals surface area contributed by atoms with Crippen molar-refractivity contribution in [2.45, 2.75) is 6.42 Å². The molecule has 0 aliphatic rings. The lowest BCUT2D eigenvalue weighted by Crippen LogP contribution is -2.16. The van der Waals surface area contributed by atoms with E-state index in [9.17, 15) is 9.18 Å². The predicted molar refractivity (Wildman–Crippen MR) is 58.3 cm³/mol. The zero-order valence-corrected chi connectivity index (χ0v) is 8.96. The summed E-state index contributed by atoms with van der Waals surface area (Å²) < 4.78 is 12.8. The third-order valence-electron chi connectivity index (χ3n) is 2.10. The van der Waals surface area contributed by atoms with Gasteiger partial charge in [0, 0.05) is 18.5 Å². The third-order valence-corrected chi connectivity index (χ3v) is 2.10. The molecule has 0 bridgehead atoms. The van der Waals surface area contributed by atoms with Crippen LogP contribution in [-0.4, -0.2) is 31.3 Å². The molecule has 4 heteroatoms. The van der Waals surface area contributed by atoms with Crippen LogP contribution in [0.4, 0.5) is 10.1 Å². The maximum absolute atomic E-state index is 12.8. The highest BCUT2D eigenvalue weighted by Crippen LogP contribution is 2.13. The molecule has 1 rings (SSSR count). The molecule has 0 amide bonds. The van der Waals surface area contributed by atoms with Gasteiger partial charge >= 0.3 is 0 Å². The van der Waals surface area contributed by atoms with Gasteiger partial charge in [0.2, 0.25) is 0 Å². The van der Waals surface area contributed by atoms with Gasteiger partial charge in [-0.2, -0.15) is 0 Å². The minimum absolute atomic E-state index is 0.0181. The molecule has 0 aromatic heterocycles. The van der Waals surface area contributed by atoms with Crippen LogP contribution in [0.3, 0.4) is 0 Å². The Labute approximate surface area is 88.7 Å². The first-order valence-corrected chi connectivity index (χ1v) is 4.73. The number of benzene rings is 1. The predicted octanol–water partition coefficient (Wildman–Crippen LogP) is 1.54. The Kier molecular flexibility index (Phi) is 3.80. The number of carbonyl (C=O) groups is 1. The van der Waals surface area contributed by atoms with Crippen molar-refractivity contribution in [1.82, 2.24) is 4.90 Å². The first-order chi connectivity index (χ1) is 7.00. The smallest absolute Gasteiger partial charge is 0.164 e. The fraction of sp³-hybridized carbons (Fsp3) is 0.364. The zero-order valence-electron chi connectivity index (χ0n) is 8.96. The standard InChI is InChI=1S/C11H15FN2O/c1-14(2)6-5-11(15)8-3-4-9(12)10(13)7-8/h3-4,7H,5-6,13H2,1-2H3. The van der Waals surface area contributed by atoms with Gasteiger partial charge in [-0.1, -0.05) is 0 Å². The quantitative estimate of drug-likeness (QED) is 0.605. The van der Waals surface area contributed by atoms with Crippen molar-refractivity contribution in [3.05, 3.63) is 29.6 Å². The molecule has 1 aromatic rings. The Morgan fingerprint density at radius 1 is 1.47 bits per heavy atom. The maximum atomic E-state index is 12.8. The molecule has 0 spiro atoms. The van der Waals surface area contributed by atoms with Crippen molar-refractivity contribution in [1.29, 1.82) is 0 Å². The Bertz CT molecular complexity index is 364. The van der Waals surface area contributed by atoms with Gasteiger partial charge < -0.3 is 10.6 Å². The molecule has 0 saturated heterocycles. The van der Waals surface area contributed by atoms with E-state index in [1.807, 2.05) is 19.0 Å². The highest BCUT2D eigenvalue weighted by Gasteiger charge is 2.08. The molecular formula is C11H15FN2O. The second kappa shape index (κ2) is 4.89. The van der Waals surface area contributed by atoms with Crippen LogP contribution in [0.5, 0.6) is 0 Å². The Balaban J connectivity index is 2.70. The number of nitrogen functional groups attached to an aromatic ring is 1. The lowest BCUT2D eigenvalue weighted by molar-refractivity contribution is 0.0972. The Morgan fingerprint density at radius 2 is 2.13 bits per heavy atom. The number of ketones is 1. The summed E-state index contributed by atoms with van der Waals surface area (Å²) in [5.74, 6) is -0.505. The molecule has 0 unspecified atom stereocenters. The van der Waals surface area contributed by atoms with Crippen LogP contribution in [-0.2, 0) is 0 Å². The van der Waals surface area contributed by atoms with E-state index in [4.69, 9.17) is 5.73 Å². The summed E-state index contributed by atoms with van der Waals surface area (Å²) in [5, 5.41) is 0. The van der Waals surface area contributed by atoms with Crippen LogP contribution in [0, 0.1) is 5.82 Å². The number of Topliss-reactive ketones (excluding diaryl/α,β-unsaturated/α-hetero) is 1. The monoisotopic (exact) mass is 210 g/mol. The van der Waals surface area contributed by atoms with Crippen molar-refractivity contribution in [3.63, 3.8) is 0 Å². The molecule has 82 valence electrons. The summed E-state index contributed by atoms with van der Waals surface area (Å²) in [4.78, 5) is 13.5. The number of nitrogens with zero attached hydrogens (tertiary/aromatic N) is 1. The number of carbonyl (C=O) groups excluding carboxylic acids is 1. The number of halogens is 1. The Hall–Kier alpha value is -1.42. The van der Waals surface area contributed by atoms with E-state index >= 15 is 0 Å². The van der Waals surface area contributed by atoms with Crippen LogP contribution in [0.15, 0.2) is 18.2 Å². The van der Waals surface area contributed by atoms with Crippen LogP contribution in [0.25, 0.3) is 0 Å². The summed E-state index contributed by atoms with van der Waals surface area (Å²) in [7, 11) is 3.79. The largest absolute Gasteiger partial charge is 0.396 e. The summed E-state index contributed by atoms with van der Waals surface area (Å²) >= 11 is 0. The Morgan fingerprint density at radius 3 is 2.67 bits per heavy atom. The zero-order chi connectivity index (χ0) is 11.4. The van der Waals surface area contributed by atoms with Crippen LogP contribution < -0.4 is 5.73 Å². The van der Waals surface area contributed by atoms with Crippen LogP contribution >= 0.6 is 0 Å². The fourth-order valence-electron chi connectivity index (χ4n) is 1.19. The van der Waals surface area contributed by atoms with Gasteiger partial charge in [-0.15, -0.1) is 0 Å². The second-order valence-electron chi connectivity index (χ2n) is 3.71. The summed E-state index contributed by atoms with van der Waals surface area (Å²) in [6.45, 7) is 0.677. The molecule has 0 saturated carbocycles. The van der Waals surface area contributed by atoms with Crippen molar-refractivity contribution in [3.8, 4) is 0 Å². The van der Waals surface area contributed by atoms with Gasteiger partial charge in [-0.05, 0) is 32.3 Å². The van der Waals surface area contributed by atoms with E-state index in [-0.39, 0.29) is 11.5 Å². The van der Waals surface area contributed by atoms with E-state index in [1.165, 1.54) is 18.2 Å². The molecule has 0 atom stereocenters. The van der Waals surface area contributed by atoms with Crippen molar-refractivity contribution < 1.29 is 9.18 Å². The SMILES string of the molecule is CN(C)CCC(=O)c1ccc(F)c(N)c1. The number of nitrogens with two attached hydrogens (primary N) is 1. The molecule has 0 fully saturated rings. The van der Waals surface area contributed by atoms with Crippen molar-refractivity contribution in [2.75, 3.05) is 26.4 Å². The average Bonchev–Trinajstić information content (AvgIpc) is 2.18. The molecule has 0 aliphatic heterocycles. The summed E-state index contributed by atoms with van der Waals surface area (Å²) in [6.07, 6.45) is 0.415. The van der Waals surface area contributed by atoms with Gasteiger partial charge in [0.25, 0.3) is 0 Å². The molecule has 3 nitrogen and oxygen atoms in total. The molecule has 0 aliphatic carbocycles. The topological polar surface area (TPSA) is 46.3 Å². The number of hydrogen-bond acceptors (Lipinski definition) is 3. The van der Waals surface area contributed by atoms with E-state index in [2.05, 4.69) is 0 Å². The van der Waals surface area contributed by atoms with Gasteiger partial charge in [0.15, 0.2) is 5.78 Å². The third kappa shape index (κ3) is 3.32. The van der Waals surface area contributed by atoms with E-state index < -0.39 is 5.82 Å². The average molecular weight is 210 g/mol. The van der Waals surface area contributed by atoms with E-state index in [1.54, 1.807) is 0 Å². The highest BCUT2D eigenvalue weighted by atomic mass is 19.1. The first kappa shape index (κ1) is 11.7. The summed E-state index contributed by atoms with van der Waals surface area (Å²) in [5.41, 5.74) is 5.86. The van der Waals surface area contributed by atoms with Gasteiger partial charge in [0.05, 0.1) is 5.69 Å².